The van der Waals surface area contributed by atoms with Crippen LogP contribution in [0.15, 0.2) is 18.2 Å². The number of rotatable bonds is 1. The first kappa shape index (κ1) is 13.2. The lowest BCUT2D eigenvalue weighted by Gasteiger charge is -2.31. The summed E-state index contributed by atoms with van der Waals surface area (Å²) in [5.74, 6) is 0.879. The zero-order valence-corrected chi connectivity index (χ0v) is 11.1. The minimum absolute atomic E-state index is 0. The molecule has 2 N–H and O–H groups in total. The third-order valence-corrected chi connectivity index (χ3v) is 3.89. The Balaban J connectivity index is 0.00000120. The number of fused-ring (bicyclic) bond motifs is 2. The predicted octanol–water partition coefficient (Wildman–Crippen LogP) is 1.69. The highest BCUT2D eigenvalue weighted by Gasteiger charge is 2.47. The number of para-hydroxylation sites is 1. The molecule has 2 aliphatic heterocycles. The number of methoxy groups -OCH3 is 1. The Morgan fingerprint density at radius 2 is 2.00 bits per heavy atom. The Labute approximate surface area is 113 Å². The lowest BCUT2D eigenvalue weighted by atomic mass is 9.74. The zero-order valence-electron chi connectivity index (χ0n) is 10.3. The average molecular weight is 269 g/mol. The first-order chi connectivity index (χ1) is 8.28. The number of piperidine rings is 1. The van der Waals surface area contributed by atoms with Gasteiger partial charge in [-0.15, -0.1) is 12.4 Å². The normalized spacial score (nSPS) is 19.9. The molecule has 0 unspecified atom stereocenters. The second-order valence-electron chi connectivity index (χ2n) is 4.67. The Bertz CT molecular complexity index is 470. The molecule has 1 spiro atoms. The first-order valence-electron chi connectivity index (χ1n) is 5.97. The van der Waals surface area contributed by atoms with Crippen molar-refractivity contribution in [3.8, 4) is 5.75 Å². The second kappa shape index (κ2) is 4.78. The fourth-order valence-electron chi connectivity index (χ4n) is 2.93. The highest BCUT2D eigenvalue weighted by molar-refractivity contribution is 6.07. The number of anilines is 1. The van der Waals surface area contributed by atoms with Crippen molar-refractivity contribution in [2.75, 3.05) is 25.5 Å². The molecule has 1 saturated heterocycles. The van der Waals surface area contributed by atoms with Crippen LogP contribution < -0.4 is 15.4 Å². The van der Waals surface area contributed by atoms with E-state index in [1.807, 2.05) is 18.2 Å². The van der Waals surface area contributed by atoms with Crippen molar-refractivity contribution in [2.24, 2.45) is 0 Å². The van der Waals surface area contributed by atoms with Crippen LogP contribution in [0, 0.1) is 0 Å². The molecular formula is C13H17ClN2O2. The Kier molecular flexibility index (Phi) is 3.50. The van der Waals surface area contributed by atoms with E-state index in [2.05, 4.69) is 10.6 Å². The highest BCUT2D eigenvalue weighted by Crippen LogP contribution is 2.47. The van der Waals surface area contributed by atoms with E-state index in [-0.39, 0.29) is 23.7 Å². The molecule has 0 aliphatic carbocycles. The summed E-state index contributed by atoms with van der Waals surface area (Å²) >= 11 is 0. The highest BCUT2D eigenvalue weighted by atomic mass is 35.5. The summed E-state index contributed by atoms with van der Waals surface area (Å²) in [6, 6.07) is 5.89. The zero-order chi connectivity index (χ0) is 11.9. The second-order valence-corrected chi connectivity index (χ2v) is 4.67. The van der Waals surface area contributed by atoms with Gasteiger partial charge >= 0.3 is 0 Å². The molecule has 0 aromatic heterocycles. The third-order valence-electron chi connectivity index (χ3n) is 3.89. The molecule has 18 heavy (non-hydrogen) atoms. The van der Waals surface area contributed by atoms with E-state index in [4.69, 9.17) is 4.74 Å². The van der Waals surface area contributed by atoms with Gasteiger partial charge in [0.05, 0.1) is 18.2 Å². The molecule has 2 heterocycles. The fraction of sp³-hybridized carbons (Fsp3) is 0.462. The number of benzene rings is 1. The minimum atomic E-state index is -0.338. The van der Waals surface area contributed by atoms with Gasteiger partial charge in [0.1, 0.15) is 5.75 Å². The molecule has 3 rings (SSSR count). The molecule has 0 bridgehead atoms. The van der Waals surface area contributed by atoms with Crippen molar-refractivity contribution < 1.29 is 9.53 Å². The van der Waals surface area contributed by atoms with Crippen LogP contribution in [0.25, 0.3) is 0 Å². The summed E-state index contributed by atoms with van der Waals surface area (Å²) in [5, 5.41) is 6.29. The van der Waals surface area contributed by atoms with E-state index in [1.165, 1.54) is 0 Å². The third kappa shape index (κ3) is 1.68. The van der Waals surface area contributed by atoms with Gasteiger partial charge in [-0.25, -0.2) is 0 Å². The van der Waals surface area contributed by atoms with Gasteiger partial charge < -0.3 is 15.4 Å². The van der Waals surface area contributed by atoms with Crippen molar-refractivity contribution >= 4 is 24.0 Å². The van der Waals surface area contributed by atoms with Crippen LogP contribution in [-0.4, -0.2) is 26.1 Å². The van der Waals surface area contributed by atoms with Crippen molar-refractivity contribution in [3.63, 3.8) is 0 Å². The minimum Gasteiger partial charge on any atom is -0.495 e. The topological polar surface area (TPSA) is 50.4 Å². The van der Waals surface area contributed by atoms with Crippen LogP contribution in [0.5, 0.6) is 5.75 Å². The smallest absolute Gasteiger partial charge is 0.235 e. The van der Waals surface area contributed by atoms with Crippen molar-refractivity contribution in [1.82, 2.24) is 5.32 Å². The molecule has 1 fully saturated rings. The molecule has 0 saturated carbocycles. The number of ether oxygens (including phenoxy) is 1. The molecule has 4 nitrogen and oxygen atoms in total. The van der Waals surface area contributed by atoms with Gasteiger partial charge in [-0.05, 0) is 37.6 Å². The van der Waals surface area contributed by atoms with Crippen LogP contribution in [0.4, 0.5) is 5.69 Å². The van der Waals surface area contributed by atoms with Crippen LogP contribution in [0.1, 0.15) is 18.4 Å². The maximum atomic E-state index is 12.3. The number of nitrogens with one attached hydrogen (secondary N) is 2. The van der Waals surface area contributed by atoms with E-state index in [0.717, 1.165) is 42.9 Å². The average Bonchev–Trinajstić information content (AvgIpc) is 2.64. The number of hydrogen-bond acceptors (Lipinski definition) is 3. The van der Waals surface area contributed by atoms with Gasteiger partial charge in [0, 0.05) is 0 Å². The predicted molar refractivity (Wildman–Crippen MR) is 72.7 cm³/mol. The molecule has 5 heteroatoms. The summed E-state index contributed by atoms with van der Waals surface area (Å²) in [5.41, 5.74) is 1.63. The maximum absolute atomic E-state index is 12.3. The van der Waals surface area contributed by atoms with Gasteiger partial charge in [0.15, 0.2) is 0 Å². The number of carbonyl (C=O) groups excluding carboxylic acids is 1. The lowest BCUT2D eigenvalue weighted by Crippen LogP contribution is -2.44. The largest absolute Gasteiger partial charge is 0.495 e. The molecular weight excluding hydrogens is 252 g/mol. The lowest BCUT2D eigenvalue weighted by molar-refractivity contribution is -0.121. The summed E-state index contributed by atoms with van der Waals surface area (Å²) in [4.78, 5) is 12.3. The van der Waals surface area contributed by atoms with Crippen molar-refractivity contribution in [1.29, 1.82) is 0 Å². The molecule has 1 amide bonds. The van der Waals surface area contributed by atoms with Crippen LogP contribution in [0.3, 0.4) is 0 Å². The quantitative estimate of drug-likeness (QED) is 0.815. The first-order valence-corrected chi connectivity index (χ1v) is 5.97. The standard InChI is InChI=1S/C13H16N2O2.ClH/c1-17-10-4-2-3-9-11(10)15-12(16)13(9)5-7-14-8-6-13;/h2-4,14H,5-8H2,1H3,(H,15,16);1H. The van der Waals surface area contributed by atoms with E-state index in [9.17, 15) is 4.79 Å². The van der Waals surface area contributed by atoms with Crippen LogP contribution in [0.2, 0.25) is 0 Å². The molecule has 0 atom stereocenters. The molecule has 1 aromatic rings. The van der Waals surface area contributed by atoms with Gasteiger partial charge in [0.2, 0.25) is 5.91 Å². The molecule has 98 valence electrons. The molecule has 0 radical (unpaired) electrons. The van der Waals surface area contributed by atoms with E-state index < -0.39 is 0 Å². The van der Waals surface area contributed by atoms with Gasteiger partial charge in [-0.3, -0.25) is 4.79 Å². The van der Waals surface area contributed by atoms with Crippen molar-refractivity contribution in [3.05, 3.63) is 23.8 Å². The summed E-state index contributed by atoms with van der Waals surface area (Å²) in [6.07, 6.45) is 1.72. The molecule has 2 aliphatic rings. The number of amides is 1. The van der Waals surface area contributed by atoms with E-state index in [0.29, 0.717) is 0 Å². The van der Waals surface area contributed by atoms with Crippen LogP contribution in [-0.2, 0) is 10.2 Å². The Morgan fingerprint density at radius 3 is 2.67 bits per heavy atom. The number of carbonyl (C=O) groups is 1. The number of halogens is 1. The van der Waals surface area contributed by atoms with Gasteiger partial charge in [-0.2, -0.15) is 0 Å². The van der Waals surface area contributed by atoms with Crippen LogP contribution >= 0.6 is 12.4 Å². The van der Waals surface area contributed by atoms with E-state index >= 15 is 0 Å². The summed E-state index contributed by atoms with van der Waals surface area (Å²) in [6.45, 7) is 1.79. The van der Waals surface area contributed by atoms with Crippen molar-refractivity contribution in [2.45, 2.75) is 18.3 Å². The van der Waals surface area contributed by atoms with Gasteiger partial charge in [0.25, 0.3) is 0 Å². The fourth-order valence-corrected chi connectivity index (χ4v) is 2.93. The Hall–Kier alpha value is -1.26. The van der Waals surface area contributed by atoms with E-state index in [1.54, 1.807) is 7.11 Å². The summed E-state index contributed by atoms with van der Waals surface area (Å²) < 4.78 is 5.31. The maximum Gasteiger partial charge on any atom is 0.235 e. The SMILES string of the molecule is COc1cccc2c1NC(=O)C21CCNCC1.Cl. The molecule has 1 aromatic carbocycles. The van der Waals surface area contributed by atoms with Gasteiger partial charge in [-0.1, -0.05) is 12.1 Å². The monoisotopic (exact) mass is 268 g/mol. The summed E-state index contributed by atoms with van der Waals surface area (Å²) in [7, 11) is 1.63. The Morgan fingerprint density at radius 1 is 1.28 bits per heavy atom. The number of hydrogen-bond donors (Lipinski definition) is 2.